The number of aliphatic hydroxyl groups is 1. The fourth-order valence-electron chi connectivity index (χ4n) is 13.1. The smallest absolute Gasteiger partial charge is 0.462 e. The van der Waals surface area contributed by atoms with Crippen molar-refractivity contribution in [1.82, 2.24) is 0 Å². The first-order valence-electron chi connectivity index (χ1n) is 43.6. The fourth-order valence-corrected chi connectivity index (χ4v) is 14.7. The summed E-state index contributed by atoms with van der Waals surface area (Å²) in [6.45, 7) is 7.32. The van der Waals surface area contributed by atoms with Crippen molar-refractivity contribution in [2.75, 3.05) is 39.6 Å². The summed E-state index contributed by atoms with van der Waals surface area (Å²) >= 11 is 0. The molecular weight excluding hydrogens is 1340 g/mol. The van der Waals surface area contributed by atoms with E-state index in [9.17, 15) is 43.2 Å². The molecule has 0 aromatic heterocycles. The summed E-state index contributed by atoms with van der Waals surface area (Å²) in [6, 6.07) is 0. The van der Waals surface area contributed by atoms with E-state index in [1.807, 2.05) is 0 Å². The first-order chi connectivity index (χ1) is 50.0. The molecule has 19 heteroatoms. The van der Waals surface area contributed by atoms with E-state index in [-0.39, 0.29) is 25.7 Å². The van der Waals surface area contributed by atoms with Crippen molar-refractivity contribution in [2.45, 2.75) is 470 Å². The Bertz CT molecular complexity index is 1960. The minimum Gasteiger partial charge on any atom is -0.462 e. The van der Waals surface area contributed by atoms with Gasteiger partial charge >= 0.3 is 39.5 Å². The molecule has 0 spiro atoms. The molecule has 0 aromatic carbocycles. The molecule has 0 fully saturated rings. The molecule has 2 unspecified atom stereocenters. The van der Waals surface area contributed by atoms with Crippen LogP contribution >= 0.6 is 15.6 Å². The number of aliphatic hydroxyl groups excluding tert-OH is 1. The molecule has 0 bridgehead atoms. The van der Waals surface area contributed by atoms with Crippen molar-refractivity contribution in [3.8, 4) is 0 Å². The van der Waals surface area contributed by atoms with Crippen LogP contribution in [0.5, 0.6) is 0 Å². The maximum atomic E-state index is 13.1. The van der Waals surface area contributed by atoms with Crippen molar-refractivity contribution in [3.05, 3.63) is 0 Å². The molecule has 0 saturated carbocycles. The maximum Gasteiger partial charge on any atom is 0.472 e. The van der Waals surface area contributed by atoms with E-state index in [1.54, 1.807) is 0 Å². The number of esters is 4. The lowest BCUT2D eigenvalue weighted by Crippen LogP contribution is -2.30. The lowest BCUT2D eigenvalue weighted by Gasteiger charge is -2.21. The van der Waals surface area contributed by atoms with Crippen LogP contribution in [-0.4, -0.2) is 96.7 Å². The number of unbranched alkanes of at least 4 members (excludes halogenated alkanes) is 56. The number of phosphoric acid groups is 2. The van der Waals surface area contributed by atoms with E-state index in [4.69, 9.17) is 37.0 Å². The van der Waals surface area contributed by atoms with Gasteiger partial charge in [0.25, 0.3) is 0 Å². The third-order valence-corrected chi connectivity index (χ3v) is 21.7. The zero-order valence-electron chi connectivity index (χ0n) is 67.5. The predicted octanol–water partition coefficient (Wildman–Crippen LogP) is 25.6. The Labute approximate surface area is 632 Å². The summed E-state index contributed by atoms with van der Waals surface area (Å²) in [4.78, 5) is 73.2. The summed E-state index contributed by atoms with van der Waals surface area (Å²) in [5, 5.41) is 10.7. The Balaban J connectivity index is 5.24. The summed E-state index contributed by atoms with van der Waals surface area (Å²) in [7, 11) is -9.92. The standard InChI is InChI=1S/C84H164O17P2/c1-6-9-12-15-18-21-24-27-30-32-33-34-36-39-42-45-48-55-60-65-70-83(88)100-79(73-94-81(86)67-62-57-52-46-43-40-38-35-31-28-25-22-19-16-13-10-7-2)75-98-102(90,91)96-71-78(85)72-97-103(92,93)99-76-80(74-95-82(87)68-63-58-53-50-49-51-56-61-66-77(4)5)101-84(89)69-64-59-54-47-44-41-37-29-26-23-20-17-14-11-8-3/h77-80,85H,6-76H2,1-5H3,(H,90,91)(H,92,93)/t78-,79-,80-/m1/s1. The Morgan fingerprint density at radius 3 is 0.660 bits per heavy atom. The van der Waals surface area contributed by atoms with Crippen LogP contribution in [0.4, 0.5) is 0 Å². The molecule has 0 saturated heterocycles. The number of hydrogen-bond donors (Lipinski definition) is 3. The highest BCUT2D eigenvalue weighted by molar-refractivity contribution is 7.47. The maximum absolute atomic E-state index is 13.1. The Kier molecular flexibility index (Phi) is 75.4. The van der Waals surface area contributed by atoms with E-state index in [0.29, 0.717) is 25.7 Å². The van der Waals surface area contributed by atoms with Gasteiger partial charge in [0.1, 0.15) is 19.3 Å². The molecule has 0 aliphatic carbocycles. The van der Waals surface area contributed by atoms with Gasteiger partial charge < -0.3 is 33.8 Å². The second-order valence-corrected chi connectivity index (χ2v) is 33.6. The van der Waals surface area contributed by atoms with Gasteiger partial charge in [0.2, 0.25) is 0 Å². The minimum absolute atomic E-state index is 0.108. The van der Waals surface area contributed by atoms with Gasteiger partial charge in [-0.25, -0.2) is 9.13 Å². The largest absolute Gasteiger partial charge is 0.472 e. The van der Waals surface area contributed by atoms with E-state index < -0.39 is 97.5 Å². The monoisotopic (exact) mass is 1510 g/mol. The molecule has 5 atom stereocenters. The average molecular weight is 1510 g/mol. The van der Waals surface area contributed by atoms with Crippen LogP contribution in [0.15, 0.2) is 0 Å². The van der Waals surface area contributed by atoms with Crippen molar-refractivity contribution < 1.29 is 80.2 Å². The number of carbonyl (C=O) groups is 4. The highest BCUT2D eigenvalue weighted by Gasteiger charge is 2.30. The van der Waals surface area contributed by atoms with Crippen LogP contribution in [0.25, 0.3) is 0 Å². The molecule has 0 aliphatic heterocycles. The molecule has 103 heavy (non-hydrogen) atoms. The second-order valence-electron chi connectivity index (χ2n) is 30.7. The Morgan fingerprint density at radius 2 is 0.447 bits per heavy atom. The first-order valence-corrected chi connectivity index (χ1v) is 46.6. The molecule has 17 nitrogen and oxygen atoms in total. The van der Waals surface area contributed by atoms with Crippen molar-refractivity contribution >= 4 is 39.5 Å². The van der Waals surface area contributed by atoms with Crippen LogP contribution in [0.3, 0.4) is 0 Å². The third-order valence-electron chi connectivity index (χ3n) is 19.8. The lowest BCUT2D eigenvalue weighted by atomic mass is 10.0. The quantitative estimate of drug-likeness (QED) is 0.0222. The van der Waals surface area contributed by atoms with Crippen LogP contribution in [0, 0.1) is 5.92 Å². The first kappa shape index (κ1) is 101. The van der Waals surface area contributed by atoms with E-state index >= 15 is 0 Å². The van der Waals surface area contributed by atoms with Crippen LogP contribution in [0.2, 0.25) is 0 Å². The molecule has 612 valence electrons. The Morgan fingerprint density at radius 1 is 0.262 bits per heavy atom. The fraction of sp³-hybridized carbons (Fsp3) is 0.952. The lowest BCUT2D eigenvalue weighted by molar-refractivity contribution is -0.161. The van der Waals surface area contributed by atoms with Crippen molar-refractivity contribution in [1.29, 1.82) is 0 Å². The van der Waals surface area contributed by atoms with E-state index in [2.05, 4.69) is 34.6 Å². The number of phosphoric ester groups is 2. The third kappa shape index (κ3) is 78.0. The molecule has 3 N–H and O–H groups in total. The second kappa shape index (κ2) is 76.8. The Hall–Kier alpha value is -1.94. The van der Waals surface area contributed by atoms with E-state index in [0.717, 1.165) is 95.8 Å². The van der Waals surface area contributed by atoms with Gasteiger partial charge in [0.15, 0.2) is 12.2 Å². The summed E-state index contributed by atoms with van der Waals surface area (Å²) in [5.74, 6) is -1.38. The minimum atomic E-state index is -4.96. The molecule has 0 aliphatic rings. The summed E-state index contributed by atoms with van der Waals surface area (Å²) < 4.78 is 68.8. The highest BCUT2D eigenvalue weighted by Crippen LogP contribution is 2.45. The van der Waals surface area contributed by atoms with Crippen LogP contribution in [-0.2, 0) is 65.4 Å². The van der Waals surface area contributed by atoms with Crippen molar-refractivity contribution in [2.24, 2.45) is 5.92 Å². The molecule has 0 aromatic rings. The molecule has 0 rings (SSSR count). The normalized spacial score (nSPS) is 13.8. The van der Waals surface area contributed by atoms with Crippen LogP contribution in [0.1, 0.15) is 452 Å². The van der Waals surface area contributed by atoms with Gasteiger partial charge in [-0.15, -0.1) is 0 Å². The van der Waals surface area contributed by atoms with Gasteiger partial charge in [-0.3, -0.25) is 37.3 Å². The zero-order valence-corrected chi connectivity index (χ0v) is 69.3. The number of hydrogen-bond acceptors (Lipinski definition) is 15. The zero-order chi connectivity index (χ0) is 75.5. The highest BCUT2D eigenvalue weighted by atomic mass is 31.2. The molecule has 0 heterocycles. The SMILES string of the molecule is CCCCCCCCCCCCCCCCCCCCCCC(=O)O[C@H](COC(=O)CCCCCCCCCCCCCCCCCCC)COP(=O)(O)OC[C@@H](O)COP(=O)(O)OC[C@@H](COC(=O)CCCCCCCCCCC(C)C)OC(=O)CCCCCCCCCCCCCCCCC. The van der Waals surface area contributed by atoms with Crippen molar-refractivity contribution in [3.63, 3.8) is 0 Å². The molecular formula is C84H164O17P2. The van der Waals surface area contributed by atoms with Gasteiger partial charge in [-0.05, 0) is 31.6 Å². The predicted molar refractivity (Wildman–Crippen MR) is 423 cm³/mol. The average Bonchev–Trinajstić information content (AvgIpc) is 0.912. The number of carbonyl (C=O) groups excluding carboxylic acids is 4. The van der Waals surface area contributed by atoms with Gasteiger partial charge in [0.05, 0.1) is 26.4 Å². The molecule has 0 radical (unpaired) electrons. The van der Waals surface area contributed by atoms with Gasteiger partial charge in [0, 0.05) is 25.7 Å². The summed E-state index contributed by atoms with van der Waals surface area (Å²) in [6.07, 6.45) is 69.4. The topological polar surface area (TPSA) is 237 Å². The summed E-state index contributed by atoms with van der Waals surface area (Å²) in [5.41, 5.74) is 0. The number of rotatable bonds is 84. The van der Waals surface area contributed by atoms with Gasteiger partial charge in [-0.2, -0.15) is 0 Å². The number of ether oxygens (including phenoxy) is 4. The van der Waals surface area contributed by atoms with Crippen LogP contribution < -0.4 is 0 Å². The van der Waals surface area contributed by atoms with Gasteiger partial charge in [-0.1, -0.05) is 401 Å². The van der Waals surface area contributed by atoms with E-state index in [1.165, 1.54) is 276 Å². The molecule has 0 amide bonds.